The van der Waals surface area contributed by atoms with Gasteiger partial charge in [-0.15, -0.1) is 0 Å². The molecule has 0 aliphatic heterocycles. The van der Waals surface area contributed by atoms with Gasteiger partial charge in [-0.05, 0) is 19.9 Å². The number of rotatable bonds is 8. The first kappa shape index (κ1) is 20.2. The molecule has 0 aliphatic rings. The molecule has 0 unspecified atom stereocenters. The number of halogens is 1. The third-order valence-electron chi connectivity index (χ3n) is 4.01. The van der Waals surface area contributed by atoms with Gasteiger partial charge in [0.15, 0.2) is 11.6 Å². The minimum Gasteiger partial charge on any atom is -0.497 e. The van der Waals surface area contributed by atoms with Crippen LogP contribution in [0.4, 0.5) is 21.7 Å². The normalized spacial score (nSPS) is 12.8. The average Bonchev–Trinajstić information content (AvgIpc) is 2.63. The van der Waals surface area contributed by atoms with Crippen LogP contribution in [0, 0.1) is 5.82 Å². The number of hydrogen-bond donors (Lipinski definition) is 4. The van der Waals surface area contributed by atoms with E-state index in [0.29, 0.717) is 17.2 Å². The highest BCUT2D eigenvalue weighted by Crippen LogP contribution is 2.30. The Kier molecular flexibility index (Phi) is 6.40. The molecule has 6 N–H and O–H groups in total. The van der Waals surface area contributed by atoms with Crippen molar-refractivity contribution in [3.8, 4) is 11.5 Å². The molecule has 1 aromatic carbocycles. The van der Waals surface area contributed by atoms with Crippen molar-refractivity contribution >= 4 is 23.2 Å². The summed E-state index contributed by atoms with van der Waals surface area (Å²) in [5.74, 6) is -0.400. The molecule has 1 heterocycles. The van der Waals surface area contributed by atoms with E-state index in [2.05, 4.69) is 15.6 Å². The second-order valence-electron chi connectivity index (χ2n) is 6.10. The lowest BCUT2D eigenvalue weighted by molar-refractivity contribution is 0.100. The summed E-state index contributed by atoms with van der Waals surface area (Å²) in [5, 5.41) is 5.86. The summed E-state index contributed by atoms with van der Waals surface area (Å²) < 4.78 is 24.8. The van der Waals surface area contributed by atoms with E-state index in [0.717, 1.165) is 6.07 Å². The van der Waals surface area contributed by atoms with Crippen molar-refractivity contribution in [2.75, 3.05) is 24.9 Å². The first-order valence-corrected chi connectivity index (χ1v) is 8.27. The quantitative estimate of drug-likeness (QED) is 0.556. The Morgan fingerprint density at radius 3 is 2.19 bits per heavy atom. The lowest BCUT2D eigenvalue weighted by Gasteiger charge is -2.20. The van der Waals surface area contributed by atoms with Gasteiger partial charge in [0.25, 0.3) is 5.91 Å². The molecule has 1 amide bonds. The molecule has 2 aromatic rings. The van der Waals surface area contributed by atoms with Crippen LogP contribution < -0.4 is 31.6 Å². The fraction of sp³-hybridized carbons (Fsp3) is 0.333. The Morgan fingerprint density at radius 1 is 1.11 bits per heavy atom. The zero-order valence-electron chi connectivity index (χ0n) is 15.7. The summed E-state index contributed by atoms with van der Waals surface area (Å²) in [6, 6.07) is 5.60. The number of nitrogens with one attached hydrogen (secondary N) is 2. The molecule has 2 rings (SSSR count). The van der Waals surface area contributed by atoms with E-state index < -0.39 is 11.7 Å². The van der Waals surface area contributed by atoms with E-state index in [1.165, 1.54) is 14.2 Å². The van der Waals surface area contributed by atoms with Crippen LogP contribution in [0.3, 0.4) is 0 Å². The van der Waals surface area contributed by atoms with E-state index in [1.807, 2.05) is 0 Å². The fourth-order valence-corrected chi connectivity index (χ4v) is 2.24. The first-order chi connectivity index (χ1) is 12.7. The smallest absolute Gasteiger partial charge is 0.252 e. The zero-order valence-corrected chi connectivity index (χ0v) is 15.7. The van der Waals surface area contributed by atoms with Gasteiger partial charge >= 0.3 is 0 Å². The summed E-state index contributed by atoms with van der Waals surface area (Å²) >= 11 is 0. The van der Waals surface area contributed by atoms with Crippen molar-refractivity contribution in [2.45, 2.75) is 25.9 Å². The SMILES string of the molecule is COc1cc(Nc2nc(N[C@H](C)[C@H](C)N)c(F)cc2C(N)=O)cc(OC)c1. The average molecular weight is 377 g/mol. The Labute approximate surface area is 157 Å². The van der Waals surface area contributed by atoms with Crippen molar-refractivity contribution in [3.63, 3.8) is 0 Å². The number of amides is 1. The maximum absolute atomic E-state index is 14.3. The van der Waals surface area contributed by atoms with Crippen molar-refractivity contribution < 1.29 is 18.7 Å². The van der Waals surface area contributed by atoms with E-state index >= 15 is 0 Å². The van der Waals surface area contributed by atoms with Crippen LogP contribution in [0.15, 0.2) is 24.3 Å². The third kappa shape index (κ3) is 4.98. The van der Waals surface area contributed by atoms with Gasteiger partial charge in [0.1, 0.15) is 17.3 Å². The molecule has 2 atom stereocenters. The highest BCUT2D eigenvalue weighted by molar-refractivity contribution is 5.98. The summed E-state index contributed by atoms with van der Waals surface area (Å²) in [6.07, 6.45) is 0. The molecule has 8 nitrogen and oxygen atoms in total. The predicted octanol–water partition coefficient (Wildman–Crippen LogP) is 2.23. The van der Waals surface area contributed by atoms with Crippen molar-refractivity contribution in [1.82, 2.24) is 4.98 Å². The van der Waals surface area contributed by atoms with Crippen LogP contribution >= 0.6 is 0 Å². The second kappa shape index (κ2) is 8.54. The standard InChI is InChI=1S/C18H24FN5O3/c1-9(20)10(2)22-18-15(19)8-14(16(21)25)17(24-18)23-11-5-12(26-3)7-13(6-11)27-4/h5-10H,20H2,1-4H3,(H2,21,25)(H2,22,23,24)/t9-,10+/m0/s1. The monoisotopic (exact) mass is 377 g/mol. The van der Waals surface area contributed by atoms with Crippen molar-refractivity contribution in [1.29, 1.82) is 0 Å². The van der Waals surface area contributed by atoms with Gasteiger partial charge in [0, 0.05) is 36.0 Å². The van der Waals surface area contributed by atoms with Gasteiger partial charge in [-0.25, -0.2) is 9.37 Å². The van der Waals surface area contributed by atoms with Gasteiger partial charge in [-0.2, -0.15) is 0 Å². The Morgan fingerprint density at radius 2 is 1.70 bits per heavy atom. The number of nitrogens with zero attached hydrogens (tertiary/aromatic N) is 1. The molecule has 0 saturated heterocycles. The van der Waals surface area contributed by atoms with Crippen molar-refractivity contribution in [3.05, 3.63) is 35.6 Å². The van der Waals surface area contributed by atoms with Gasteiger partial charge in [0.2, 0.25) is 0 Å². The number of pyridine rings is 1. The number of benzene rings is 1. The molecule has 0 bridgehead atoms. The summed E-state index contributed by atoms with van der Waals surface area (Å²) in [6.45, 7) is 3.59. The molecule has 0 radical (unpaired) electrons. The highest BCUT2D eigenvalue weighted by atomic mass is 19.1. The number of hydrogen-bond acceptors (Lipinski definition) is 7. The summed E-state index contributed by atoms with van der Waals surface area (Å²) in [4.78, 5) is 15.9. The number of nitrogens with two attached hydrogens (primary N) is 2. The highest BCUT2D eigenvalue weighted by Gasteiger charge is 2.18. The summed E-state index contributed by atoms with van der Waals surface area (Å²) in [7, 11) is 3.03. The van der Waals surface area contributed by atoms with Gasteiger partial charge in [0.05, 0.1) is 19.8 Å². The molecule has 0 spiro atoms. The predicted molar refractivity (Wildman–Crippen MR) is 102 cm³/mol. The minimum atomic E-state index is -0.814. The molecule has 27 heavy (non-hydrogen) atoms. The fourth-order valence-electron chi connectivity index (χ4n) is 2.24. The second-order valence-corrected chi connectivity index (χ2v) is 6.10. The zero-order chi connectivity index (χ0) is 20.1. The van der Waals surface area contributed by atoms with Crippen LogP contribution in [-0.4, -0.2) is 37.2 Å². The van der Waals surface area contributed by atoms with Crippen molar-refractivity contribution in [2.24, 2.45) is 11.5 Å². The maximum Gasteiger partial charge on any atom is 0.252 e. The van der Waals surface area contributed by atoms with Crippen LogP contribution in [-0.2, 0) is 0 Å². The van der Waals surface area contributed by atoms with E-state index in [1.54, 1.807) is 32.0 Å². The third-order valence-corrected chi connectivity index (χ3v) is 4.01. The first-order valence-electron chi connectivity index (χ1n) is 8.27. The van der Waals surface area contributed by atoms with Gasteiger partial charge in [-0.1, -0.05) is 0 Å². The van der Waals surface area contributed by atoms with E-state index in [-0.39, 0.29) is 29.3 Å². The number of anilines is 3. The van der Waals surface area contributed by atoms with E-state index in [4.69, 9.17) is 20.9 Å². The Bertz CT molecular complexity index is 807. The molecular weight excluding hydrogens is 353 g/mol. The van der Waals surface area contributed by atoms with E-state index in [9.17, 15) is 9.18 Å². The Hall–Kier alpha value is -3.07. The summed E-state index contributed by atoms with van der Waals surface area (Å²) in [5.41, 5.74) is 11.6. The molecule has 0 saturated carbocycles. The maximum atomic E-state index is 14.3. The van der Waals surface area contributed by atoms with Gasteiger partial charge < -0.3 is 31.6 Å². The number of carbonyl (C=O) groups excluding carboxylic acids is 1. The molecule has 146 valence electrons. The van der Waals surface area contributed by atoms with Crippen LogP contribution in [0.5, 0.6) is 11.5 Å². The topological polar surface area (TPSA) is 125 Å². The molecule has 9 heteroatoms. The number of ether oxygens (including phenoxy) is 2. The number of aromatic nitrogens is 1. The molecule has 0 aliphatic carbocycles. The van der Waals surface area contributed by atoms with Crippen LogP contribution in [0.25, 0.3) is 0 Å². The molecular formula is C18H24FN5O3. The lowest BCUT2D eigenvalue weighted by Crippen LogP contribution is -2.35. The van der Waals surface area contributed by atoms with Crippen LogP contribution in [0.1, 0.15) is 24.2 Å². The Balaban J connectivity index is 2.46. The number of primary amides is 1. The molecule has 1 aromatic heterocycles. The number of methoxy groups -OCH3 is 2. The van der Waals surface area contributed by atoms with Gasteiger partial charge in [-0.3, -0.25) is 4.79 Å². The molecule has 0 fully saturated rings. The lowest BCUT2D eigenvalue weighted by atomic mass is 10.1. The number of carbonyl (C=O) groups is 1. The van der Waals surface area contributed by atoms with Crippen LogP contribution in [0.2, 0.25) is 0 Å². The largest absolute Gasteiger partial charge is 0.497 e. The minimum absolute atomic E-state index is 0.0397.